The Hall–Kier alpha value is -3.02. The Labute approximate surface area is 194 Å². The second kappa shape index (κ2) is 11.6. The van der Waals surface area contributed by atoms with Crippen molar-refractivity contribution in [2.75, 3.05) is 25.2 Å². The summed E-state index contributed by atoms with van der Waals surface area (Å²) in [7, 11) is 1.63. The summed E-state index contributed by atoms with van der Waals surface area (Å²) >= 11 is 5.80. The van der Waals surface area contributed by atoms with Crippen molar-refractivity contribution >= 4 is 29.0 Å². The largest absolute Gasteiger partial charge is 0.383 e. The molecule has 0 aliphatic heterocycles. The van der Waals surface area contributed by atoms with E-state index >= 15 is 0 Å². The van der Waals surface area contributed by atoms with E-state index in [0.29, 0.717) is 43.1 Å². The molecule has 0 saturated heterocycles. The third-order valence-corrected chi connectivity index (χ3v) is 5.49. The molecule has 0 fully saturated rings. The van der Waals surface area contributed by atoms with Gasteiger partial charge in [0.25, 0.3) is 0 Å². The van der Waals surface area contributed by atoms with Crippen LogP contribution in [0.3, 0.4) is 0 Å². The van der Waals surface area contributed by atoms with Gasteiger partial charge in [-0.25, -0.2) is 4.98 Å². The van der Waals surface area contributed by atoms with Crippen LogP contribution in [0.4, 0.5) is 5.69 Å². The Morgan fingerprint density at radius 2 is 1.62 bits per heavy atom. The number of methoxy groups -OCH3 is 1. The third-order valence-electron chi connectivity index (χ3n) is 5.27. The maximum Gasteiger partial charge on any atom is 0.226 e. The van der Waals surface area contributed by atoms with Crippen LogP contribution in [0.2, 0.25) is 5.15 Å². The van der Waals surface area contributed by atoms with Crippen molar-refractivity contribution in [1.29, 1.82) is 0 Å². The lowest BCUT2D eigenvalue weighted by Gasteiger charge is -2.22. The number of carbonyl (C=O) groups is 2. The maximum atomic E-state index is 12.5. The zero-order valence-corrected chi connectivity index (χ0v) is 19.1. The number of aryl methyl sites for hydroxylation is 1. The molecule has 1 amide bonds. The zero-order chi connectivity index (χ0) is 22.9. The molecule has 32 heavy (non-hydrogen) atoms. The highest BCUT2D eigenvalue weighted by Gasteiger charge is 2.14. The maximum absolute atomic E-state index is 12.5. The number of ketones is 1. The summed E-state index contributed by atoms with van der Waals surface area (Å²) in [6, 6.07) is 19.1. The van der Waals surface area contributed by atoms with E-state index in [1.165, 1.54) is 0 Å². The first-order valence-corrected chi connectivity index (χ1v) is 11.0. The fourth-order valence-corrected chi connectivity index (χ4v) is 3.52. The summed E-state index contributed by atoms with van der Waals surface area (Å²) < 4.78 is 5.13. The smallest absolute Gasteiger partial charge is 0.226 e. The second-order valence-electron chi connectivity index (χ2n) is 7.43. The monoisotopic (exact) mass is 450 g/mol. The molecule has 0 unspecified atom stereocenters. The number of carbonyl (C=O) groups excluding carboxylic acids is 2. The number of hydrogen-bond acceptors (Lipinski definition) is 4. The van der Waals surface area contributed by atoms with Gasteiger partial charge in [0, 0.05) is 43.9 Å². The SMILES string of the molecule is CCC(=O)N(CCOC)c1ccc(-c2ccc(C(=O)CCc3ccc(Cl)nc3)cc2)cc1. The van der Waals surface area contributed by atoms with E-state index in [2.05, 4.69) is 4.98 Å². The Balaban J connectivity index is 1.65. The van der Waals surface area contributed by atoms with Gasteiger partial charge in [0.2, 0.25) is 5.91 Å². The molecule has 0 aliphatic carbocycles. The molecule has 0 bridgehead atoms. The predicted octanol–water partition coefficient (Wildman–Crippen LogP) is 5.61. The van der Waals surface area contributed by atoms with Gasteiger partial charge < -0.3 is 9.64 Å². The van der Waals surface area contributed by atoms with Crippen molar-refractivity contribution in [1.82, 2.24) is 4.98 Å². The van der Waals surface area contributed by atoms with Crippen LogP contribution in [0.1, 0.15) is 35.7 Å². The minimum atomic E-state index is 0.0621. The number of halogens is 1. The molecule has 0 aliphatic rings. The molecule has 5 nitrogen and oxygen atoms in total. The number of anilines is 1. The topological polar surface area (TPSA) is 59.5 Å². The predicted molar refractivity (Wildman–Crippen MR) is 128 cm³/mol. The van der Waals surface area contributed by atoms with E-state index in [-0.39, 0.29) is 11.7 Å². The fourth-order valence-electron chi connectivity index (χ4n) is 3.41. The van der Waals surface area contributed by atoms with Crippen LogP contribution < -0.4 is 4.90 Å². The lowest BCUT2D eigenvalue weighted by Crippen LogP contribution is -2.33. The molecule has 6 heteroatoms. The number of hydrogen-bond donors (Lipinski definition) is 0. The van der Waals surface area contributed by atoms with E-state index < -0.39 is 0 Å². The fraction of sp³-hybridized carbons (Fsp3) is 0.269. The summed E-state index contributed by atoms with van der Waals surface area (Å²) in [5.74, 6) is 0.153. The average molecular weight is 451 g/mol. The first-order valence-electron chi connectivity index (χ1n) is 10.6. The van der Waals surface area contributed by atoms with Gasteiger partial charge in [-0.05, 0) is 41.3 Å². The second-order valence-corrected chi connectivity index (χ2v) is 7.82. The van der Waals surface area contributed by atoms with E-state index in [4.69, 9.17) is 16.3 Å². The van der Waals surface area contributed by atoms with Crippen LogP contribution in [0, 0.1) is 0 Å². The standard InChI is InChI=1S/C26H27ClN2O3/c1-3-26(31)29(16-17-32-2)23-12-10-21(11-13-23)20-6-8-22(9-7-20)24(30)14-4-19-5-15-25(27)28-18-19/h5-13,15,18H,3-4,14,16-17H2,1-2H3. The Morgan fingerprint density at radius 1 is 0.969 bits per heavy atom. The van der Waals surface area contributed by atoms with Crippen LogP contribution in [-0.2, 0) is 16.0 Å². The lowest BCUT2D eigenvalue weighted by molar-refractivity contribution is -0.118. The molecule has 0 saturated carbocycles. The van der Waals surface area contributed by atoms with Crippen LogP contribution in [0.25, 0.3) is 11.1 Å². The Morgan fingerprint density at radius 3 is 2.19 bits per heavy atom. The molecule has 0 radical (unpaired) electrons. The highest BCUT2D eigenvalue weighted by molar-refractivity contribution is 6.29. The van der Waals surface area contributed by atoms with Crippen LogP contribution in [0.15, 0.2) is 66.9 Å². The van der Waals surface area contributed by atoms with Gasteiger partial charge in [0.05, 0.1) is 6.61 Å². The molecule has 3 aromatic rings. The van der Waals surface area contributed by atoms with Crippen molar-refractivity contribution in [2.45, 2.75) is 26.2 Å². The van der Waals surface area contributed by atoms with Gasteiger partial charge in [-0.1, -0.05) is 61.0 Å². The van der Waals surface area contributed by atoms with Crippen molar-refractivity contribution in [3.8, 4) is 11.1 Å². The van der Waals surface area contributed by atoms with Gasteiger partial charge in [-0.2, -0.15) is 0 Å². The Kier molecular flexibility index (Phi) is 8.54. The number of amides is 1. The summed E-state index contributed by atoms with van der Waals surface area (Å²) in [6.07, 6.45) is 3.19. The van der Waals surface area contributed by atoms with Crippen molar-refractivity contribution in [2.24, 2.45) is 0 Å². The number of rotatable bonds is 10. The van der Waals surface area contributed by atoms with Crippen molar-refractivity contribution < 1.29 is 14.3 Å². The number of pyridine rings is 1. The zero-order valence-electron chi connectivity index (χ0n) is 18.4. The first kappa shape index (κ1) is 23.6. The van der Waals surface area contributed by atoms with Gasteiger partial charge >= 0.3 is 0 Å². The summed E-state index contributed by atoms with van der Waals surface area (Å²) in [5.41, 5.74) is 4.56. The first-order chi connectivity index (χ1) is 15.5. The molecule has 3 rings (SSSR count). The quantitative estimate of drug-likeness (QED) is 0.297. The molecular weight excluding hydrogens is 424 g/mol. The van der Waals surface area contributed by atoms with Gasteiger partial charge in [-0.3, -0.25) is 9.59 Å². The van der Waals surface area contributed by atoms with E-state index in [1.807, 2.05) is 61.5 Å². The molecular formula is C26H27ClN2O3. The summed E-state index contributed by atoms with van der Waals surface area (Å²) in [5, 5.41) is 0.448. The summed E-state index contributed by atoms with van der Waals surface area (Å²) in [6.45, 7) is 2.86. The van der Waals surface area contributed by atoms with E-state index in [0.717, 1.165) is 22.4 Å². The molecule has 1 aromatic heterocycles. The van der Waals surface area contributed by atoms with Gasteiger partial charge in [0.1, 0.15) is 5.15 Å². The lowest BCUT2D eigenvalue weighted by atomic mass is 9.99. The number of benzene rings is 2. The van der Waals surface area contributed by atoms with Crippen molar-refractivity contribution in [3.05, 3.63) is 83.1 Å². The average Bonchev–Trinajstić information content (AvgIpc) is 2.84. The van der Waals surface area contributed by atoms with Crippen LogP contribution in [0.5, 0.6) is 0 Å². The molecule has 0 atom stereocenters. The minimum Gasteiger partial charge on any atom is -0.383 e. The van der Waals surface area contributed by atoms with Crippen molar-refractivity contribution in [3.63, 3.8) is 0 Å². The normalized spacial score (nSPS) is 10.7. The molecule has 166 valence electrons. The third kappa shape index (κ3) is 6.25. The van der Waals surface area contributed by atoms with Crippen LogP contribution in [-0.4, -0.2) is 36.9 Å². The molecule has 2 aromatic carbocycles. The number of nitrogens with zero attached hydrogens (tertiary/aromatic N) is 2. The number of aromatic nitrogens is 1. The highest BCUT2D eigenvalue weighted by atomic mass is 35.5. The molecule has 1 heterocycles. The van der Waals surface area contributed by atoms with Crippen LogP contribution >= 0.6 is 11.6 Å². The number of Topliss-reactive ketones (excluding diaryl/α,β-unsaturated/α-hetero) is 1. The minimum absolute atomic E-state index is 0.0621. The molecule has 0 spiro atoms. The van der Waals surface area contributed by atoms with Gasteiger partial charge in [0.15, 0.2) is 5.78 Å². The highest BCUT2D eigenvalue weighted by Crippen LogP contribution is 2.24. The molecule has 0 N–H and O–H groups in total. The summed E-state index contributed by atoms with van der Waals surface area (Å²) in [4.78, 5) is 30.6. The Bertz CT molecular complexity index is 1030. The van der Waals surface area contributed by atoms with Gasteiger partial charge in [-0.15, -0.1) is 0 Å². The van der Waals surface area contributed by atoms with E-state index in [9.17, 15) is 9.59 Å². The van der Waals surface area contributed by atoms with E-state index in [1.54, 1.807) is 24.3 Å². The number of ether oxygens (including phenoxy) is 1.